The van der Waals surface area contributed by atoms with Gasteiger partial charge in [-0.3, -0.25) is 4.79 Å². The monoisotopic (exact) mass is 396 g/mol. The molecule has 2 aromatic rings. The second kappa shape index (κ2) is 8.99. The van der Waals surface area contributed by atoms with Crippen molar-refractivity contribution in [2.24, 2.45) is 5.92 Å². The molecule has 29 heavy (non-hydrogen) atoms. The zero-order valence-corrected chi connectivity index (χ0v) is 17.5. The van der Waals surface area contributed by atoms with Crippen molar-refractivity contribution in [1.29, 1.82) is 0 Å². The minimum Gasteiger partial charge on any atom is -0.497 e. The normalized spacial score (nSPS) is 16.3. The van der Waals surface area contributed by atoms with Gasteiger partial charge in [-0.2, -0.15) is 0 Å². The van der Waals surface area contributed by atoms with E-state index in [4.69, 9.17) is 9.47 Å². The Hall–Kier alpha value is -3.02. The summed E-state index contributed by atoms with van der Waals surface area (Å²) < 4.78 is 10.6. The summed E-state index contributed by atoms with van der Waals surface area (Å²) in [5, 5.41) is 2.90. The van der Waals surface area contributed by atoms with Gasteiger partial charge in [0.25, 0.3) is 0 Å². The predicted octanol–water partition coefficient (Wildman–Crippen LogP) is 4.45. The Morgan fingerprint density at radius 1 is 1.07 bits per heavy atom. The molecule has 6 nitrogen and oxygen atoms in total. The molecule has 1 aliphatic rings. The highest BCUT2D eigenvalue weighted by Crippen LogP contribution is 2.28. The number of ether oxygens (including phenoxy) is 2. The van der Waals surface area contributed by atoms with Gasteiger partial charge in [-0.1, -0.05) is 6.07 Å². The Kier molecular flexibility index (Phi) is 6.42. The van der Waals surface area contributed by atoms with E-state index in [1.165, 1.54) is 0 Å². The van der Waals surface area contributed by atoms with Crippen LogP contribution in [-0.4, -0.2) is 44.0 Å². The summed E-state index contributed by atoms with van der Waals surface area (Å²) in [5.41, 5.74) is 3.24. The summed E-state index contributed by atoms with van der Waals surface area (Å²) in [6.45, 7) is 4.94. The van der Waals surface area contributed by atoms with Crippen LogP contribution in [0.4, 0.5) is 10.5 Å². The van der Waals surface area contributed by atoms with Crippen molar-refractivity contribution in [3.63, 3.8) is 0 Å². The number of ketones is 1. The first-order chi connectivity index (χ1) is 13.9. The summed E-state index contributed by atoms with van der Waals surface area (Å²) in [6.07, 6.45) is 1.59. The smallest absolute Gasteiger partial charge is 0.321 e. The number of hydrogen-bond acceptors (Lipinski definition) is 4. The van der Waals surface area contributed by atoms with Crippen molar-refractivity contribution < 1.29 is 19.1 Å². The SMILES string of the molecule is COc1cccc(NC(=O)N2CCCC(C(=O)c3cc(C)c(OC)c(C)c3)C2)c1. The van der Waals surface area contributed by atoms with E-state index in [2.05, 4.69) is 5.32 Å². The lowest BCUT2D eigenvalue weighted by Gasteiger charge is -2.32. The molecule has 0 bridgehead atoms. The highest BCUT2D eigenvalue weighted by molar-refractivity contribution is 5.99. The van der Waals surface area contributed by atoms with E-state index in [1.807, 2.05) is 44.2 Å². The first-order valence-electron chi connectivity index (χ1n) is 9.82. The van der Waals surface area contributed by atoms with Gasteiger partial charge in [0.1, 0.15) is 11.5 Å². The van der Waals surface area contributed by atoms with Gasteiger partial charge in [-0.15, -0.1) is 0 Å². The van der Waals surface area contributed by atoms with Crippen LogP contribution in [0.25, 0.3) is 0 Å². The highest BCUT2D eigenvalue weighted by Gasteiger charge is 2.29. The molecule has 0 saturated carbocycles. The molecule has 1 fully saturated rings. The van der Waals surface area contributed by atoms with Crippen LogP contribution in [0.5, 0.6) is 11.5 Å². The number of Topliss-reactive ketones (excluding diaryl/α,β-unsaturated/α-hetero) is 1. The van der Waals surface area contributed by atoms with E-state index in [0.717, 1.165) is 29.7 Å². The molecule has 3 rings (SSSR count). The van der Waals surface area contributed by atoms with Gasteiger partial charge < -0.3 is 19.7 Å². The first kappa shape index (κ1) is 20.7. The second-order valence-corrected chi connectivity index (χ2v) is 7.45. The van der Waals surface area contributed by atoms with E-state index >= 15 is 0 Å². The van der Waals surface area contributed by atoms with Crippen molar-refractivity contribution in [1.82, 2.24) is 4.90 Å². The summed E-state index contributed by atoms with van der Waals surface area (Å²) in [4.78, 5) is 27.5. The average Bonchev–Trinajstić information content (AvgIpc) is 2.73. The largest absolute Gasteiger partial charge is 0.497 e. The number of carbonyl (C=O) groups excluding carboxylic acids is 2. The molecule has 0 spiro atoms. The molecule has 1 aliphatic heterocycles. The summed E-state index contributed by atoms with van der Waals surface area (Å²) in [6, 6.07) is 10.8. The Balaban J connectivity index is 1.69. The number of nitrogens with one attached hydrogen (secondary N) is 1. The van der Waals surface area contributed by atoms with Gasteiger partial charge in [-0.05, 0) is 62.1 Å². The Bertz CT molecular complexity index is 886. The molecule has 0 aliphatic carbocycles. The molecular formula is C23H28N2O4. The third-order valence-corrected chi connectivity index (χ3v) is 5.35. The topological polar surface area (TPSA) is 67.9 Å². The maximum absolute atomic E-state index is 13.1. The number of amides is 2. The minimum absolute atomic E-state index is 0.0812. The van der Waals surface area contributed by atoms with Crippen LogP contribution in [0, 0.1) is 19.8 Å². The van der Waals surface area contributed by atoms with Crippen LogP contribution >= 0.6 is 0 Å². The molecule has 154 valence electrons. The van der Waals surface area contributed by atoms with Gasteiger partial charge in [0, 0.05) is 36.3 Å². The van der Waals surface area contributed by atoms with Crippen molar-refractivity contribution in [3.05, 3.63) is 53.1 Å². The van der Waals surface area contributed by atoms with Gasteiger partial charge >= 0.3 is 6.03 Å². The molecule has 2 aromatic carbocycles. The Morgan fingerprint density at radius 3 is 2.45 bits per heavy atom. The third-order valence-electron chi connectivity index (χ3n) is 5.35. The lowest BCUT2D eigenvalue weighted by atomic mass is 9.89. The first-order valence-corrected chi connectivity index (χ1v) is 9.82. The molecule has 1 atom stereocenters. The maximum atomic E-state index is 13.1. The van der Waals surface area contributed by atoms with E-state index in [0.29, 0.717) is 30.1 Å². The van der Waals surface area contributed by atoms with Gasteiger partial charge in [0.2, 0.25) is 0 Å². The van der Waals surface area contributed by atoms with Crippen molar-refractivity contribution in [2.75, 3.05) is 32.6 Å². The fraction of sp³-hybridized carbons (Fsp3) is 0.391. The Labute approximate surface area is 171 Å². The van der Waals surface area contributed by atoms with Crippen LogP contribution < -0.4 is 14.8 Å². The molecule has 0 radical (unpaired) electrons. The summed E-state index contributed by atoms with van der Waals surface area (Å²) in [5.74, 6) is 1.37. The lowest BCUT2D eigenvalue weighted by Crippen LogP contribution is -2.44. The van der Waals surface area contributed by atoms with Crippen molar-refractivity contribution >= 4 is 17.5 Å². The number of likely N-dealkylation sites (tertiary alicyclic amines) is 1. The summed E-state index contributed by atoms with van der Waals surface area (Å²) in [7, 11) is 3.22. The van der Waals surface area contributed by atoms with Crippen LogP contribution in [0.15, 0.2) is 36.4 Å². The fourth-order valence-electron chi connectivity index (χ4n) is 3.93. The number of carbonyl (C=O) groups is 2. The quantitative estimate of drug-likeness (QED) is 0.759. The summed E-state index contributed by atoms with van der Waals surface area (Å²) >= 11 is 0. The molecule has 2 amide bonds. The van der Waals surface area contributed by atoms with Gasteiger partial charge in [-0.25, -0.2) is 4.79 Å². The van der Waals surface area contributed by atoms with E-state index in [1.54, 1.807) is 25.2 Å². The minimum atomic E-state index is -0.202. The molecule has 0 aromatic heterocycles. The second-order valence-electron chi connectivity index (χ2n) is 7.45. The van der Waals surface area contributed by atoms with E-state index in [9.17, 15) is 9.59 Å². The predicted molar refractivity (Wildman–Crippen MR) is 113 cm³/mol. The zero-order chi connectivity index (χ0) is 21.0. The molecule has 1 saturated heterocycles. The number of benzene rings is 2. The lowest BCUT2D eigenvalue weighted by molar-refractivity contribution is 0.0851. The number of methoxy groups -OCH3 is 2. The molecule has 1 unspecified atom stereocenters. The highest BCUT2D eigenvalue weighted by atomic mass is 16.5. The molecule has 1 N–H and O–H groups in total. The number of urea groups is 1. The number of piperidine rings is 1. The number of nitrogens with zero attached hydrogens (tertiary/aromatic N) is 1. The zero-order valence-electron chi connectivity index (χ0n) is 17.5. The molecule has 1 heterocycles. The molecular weight excluding hydrogens is 368 g/mol. The van der Waals surface area contributed by atoms with Gasteiger partial charge in [0.15, 0.2) is 5.78 Å². The molecule has 6 heteroatoms. The number of anilines is 1. The maximum Gasteiger partial charge on any atom is 0.321 e. The van der Waals surface area contributed by atoms with Crippen LogP contribution in [0.1, 0.15) is 34.3 Å². The fourth-order valence-corrected chi connectivity index (χ4v) is 3.93. The standard InChI is InChI=1S/C23H28N2O4/c1-15-11-18(12-16(2)22(15)29-4)21(26)17-7-6-10-25(14-17)23(27)24-19-8-5-9-20(13-19)28-3/h5,8-9,11-13,17H,6-7,10,14H2,1-4H3,(H,24,27). The number of rotatable bonds is 5. The number of hydrogen-bond donors (Lipinski definition) is 1. The van der Waals surface area contributed by atoms with Gasteiger partial charge in [0.05, 0.1) is 14.2 Å². The van der Waals surface area contributed by atoms with E-state index in [-0.39, 0.29) is 17.7 Å². The van der Waals surface area contributed by atoms with Crippen LogP contribution in [0.3, 0.4) is 0 Å². The van der Waals surface area contributed by atoms with Crippen LogP contribution in [-0.2, 0) is 0 Å². The average molecular weight is 396 g/mol. The van der Waals surface area contributed by atoms with Crippen molar-refractivity contribution in [2.45, 2.75) is 26.7 Å². The van der Waals surface area contributed by atoms with Crippen LogP contribution in [0.2, 0.25) is 0 Å². The van der Waals surface area contributed by atoms with E-state index < -0.39 is 0 Å². The Morgan fingerprint density at radius 2 is 1.79 bits per heavy atom. The number of aryl methyl sites for hydroxylation is 2. The third kappa shape index (κ3) is 4.70. The van der Waals surface area contributed by atoms with Crippen molar-refractivity contribution in [3.8, 4) is 11.5 Å².